The van der Waals surface area contributed by atoms with E-state index in [4.69, 9.17) is 15.5 Å². The number of halogens is 1. The third kappa shape index (κ3) is 4.25. The molecule has 2 aliphatic heterocycles. The number of aryl methyl sites for hydroxylation is 1. The monoisotopic (exact) mass is 577 g/mol. The van der Waals surface area contributed by atoms with Crippen LogP contribution in [-0.2, 0) is 39.5 Å². The first-order valence-corrected chi connectivity index (χ1v) is 14.6. The van der Waals surface area contributed by atoms with Crippen LogP contribution < -0.4 is 21.9 Å². The lowest BCUT2D eigenvalue weighted by Gasteiger charge is -2.31. The number of cyclic esters (lactones) is 1. The Morgan fingerprint density at radius 2 is 2.07 bits per heavy atom. The number of ether oxygens (including phenoxy) is 1. The minimum Gasteiger partial charge on any atom is -0.458 e. The number of pyridine rings is 2. The van der Waals surface area contributed by atoms with E-state index >= 15 is 4.39 Å². The van der Waals surface area contributed by atoms with Crippen LogP contribution in [0.3, 0.4) is 0 Å². The number of nitrogens with two attached hydrogens (primary N) is 1. The number of aromatic nitrogens is 2. The highest BCUT2D eigenvalue weighted by Gasteiger charge is 2.46. The van der Waals surface area contributed by atoms with Gasteiger partial charge in [-0.25, -0.2) is 14.2 Å². The molecule has 4 heterocycles. The minimum absolute atomic E-state index is 0.0299. The van der Waals surface area contributed by atoms with Crippen molar-refractivity contribution in [2.45, 2.75) is 83.2 Å². The van der Waals surface area contributed by atoms with Crippen LogP contribution in [0.1, 0.15) is 78.5 Å². The van der Waals surface area contributed by atoms with Crippen molar-refractivity contribution < 1.29 is 23.8 Å². The van der Waals surface area contributed by atoms with E-state index in [2.05, 4.69) is 10.6 Å². The van der Waals surface area contributed by atoms with Gasteiger partial charge < -0.3 is 30.8 Å². The lowest BCUT2D eigenvalue weighted by molar-refractivity contribution is -0.172. The predicted octanol–water partition coefficient (Wildman–Crippen LogP) is 2.35. The molecular formula is C31H36FN5O5. The minimum atomic E-state index is -1.95. The number of unbranched alkanes of at least 4 members (excludes halogenated alkanes) is 1. The Morgan fingerprint density at radius 1 is 1.29 bits per heavy atom. The van der Waals surface area contributed by atoms with Gasteiger partial charge in [-0.1, -0.05) is 13.3 Å². The van der Waals surface area contributed by atoms with Crippen molar-refractivity contribution in [3.8, 4) is 11.4 Å². The van der Waals surface area contributed by atoms with Crippen molar-refractivity contribution in [2.75, 3.05) is 13.6 Å². The second-order valence-electron chi connectivity index (χ2n) is 11.6. The summed E-state index contributed by atoms with van der Waals surface area (Å²) in [6.45, 7) is 4.21. The van der Waals surface area contributed by atoms with Crippen molar-refractivity contribution in [3.05, 3.63) is 61.7 Å². The Labute approximate surface area is 242 Å². The molecule has 0 spiro atoms. The first-order valence-electron chi connectivity index (χ1n) is 14.6. The van der Waals surface area contributed by atoms with Crippen molar-refractivity contribution in [1.29, 1.82) is 0 Å². The molecule has 6 rings (SSSR count). The summed E-state index contributed by atoms with van der Waals surface area (Å²) in [5.41, 5.74) is 8.69. The first kappa shape index (κ1) is 28.4. The number of esters is 1. The van der Waals surface area contributed by atoms with Crippen molar-refractivity contribution in [1.82, 2.24) is 20.2 Å². The highest BCUT2D eigenvalue weighted by Crippen LogP contribution is 2.46. The molecule has 0 saturated carbocycles. The normalized spacial score (nSPS) is 21.0. The molecule has 3 aromatic rings. The van der Waals surface area contributed by atoms with E-state index in [1.807, 2.05) is 7.05 Å². The Hall–Kier alpha value is -3.67. The molecule has 0 bridgehead atoms. The number of carbonyl (C=O) groups is 2. The van der Waals surface area contributed by atoms with Gasteiger partial charge in [0, 0.05) is 22.6 Å². The number of benzene rings is 1. The molecular weight excluding hydrogens is 541 g/mol. The van der Waals surface area contributed by atoms with Gasteiger partial charge in [0.2, 0.25) is 5.91 Å². The molecule has 0 unspecified atom stereocenters. The van der Waals surface area contributed by atoms with E-state index in [1.54, 1.807) is 24.5 Å². The van der Waals surface area contributed by atoms with Crippen LogP contribution >= 0.6 is 0 Å². The maximum Gasteiger partial charge on any atom is 0.343 e. The van der Waals surface area contributed by atoms with Gasteiger partial charge in [-0.3, -0.25) is 9.59 Å². The van der Waals surface area contributed by atoms with Crippen LogP contribution in [0.25, 0.3) is 22.3 Å². The van der Waals surface area contributed by atoms with Crippen LogP contribution in [0.15, 0.2) is 16.9 Å². The quantitative estimate of drug-likeness (QED) is 0.184. The summed E-state index contributed by atoms with van der Waals surface area (Å²) >= 11 is 0. The van der Waals surface area contributed by atoms with Crippen molar-refractivity contribution in [3.63, 3.8) is 0 Å². The molecule has 10 nitrogen and oxygen atoms in total. The molecule has 0 saturated heterocycles. The Balaban J connectivity index is 1.49. The summed E-state index contributed by atoms with van der Waals surface area (Å²) in [7, 11) is 1.88. The van der Waals surface area contributed by atoms with Crippen LogP contribution in [0.2, 0.25) is 0 Å². The smallest absolute Gasteiger partial charge is 0.343 e. The van der Waals surface area contributed by atoms with Gasteiger partial charge in [0.05, 0.1) is 41.1 Å². The SMILES string of the molecule is CC[C@@]1(O)C(=O)OCc2c1cc1n(c2=O)Cc2c-1nc1cc(F)c(C)c3c1c2[C@@H](NC(=O)[C@@H](N)CCCCNC)CC3. The van der Waals surface area contributed by atoms with E-state index in [0.29, 0.717) is 41.7 Å². The van der Waals surface area contributed by atoms with Crippen LogP contribution in [0.5, 0.6) is 0 Å². The second kappa shape index (κ2) is 10.6. The van der Waals surface area contributed by atoms with Crippen molar-refractivity contribution in [2.24, 2.45) is 5.73 Å². The van der Waals surface area contributed by atoms with Crippen molar-refractivity contribution >= 4 is 22.8 Å². The maximum absolute atomic E-state index is 15.1. The third-order valence-corrected chi connectivity index (χ3v) is 9.22. The number of nitrogens with zero attached hydrogens (tertiary/aromatic N) is 2. The average molecular weight is 578 g/mol. The lowest BCUT2D eigenvalue weighted by Crippen LogP contribution is -2.44. The molecule has 0 radical (unpaired) electrons. The van der Waals surface area contributed by atoms with E-state index in [0.717, 1.165) is 41.5 Å². The molecule has 42 heavy (non-hydrogen) atoms. The summed E-state index contributed by atoms with van der Waals surface area (Å²) in [5, 5.41) is 18.3. The van der Waals surface area contributed by atoms with Gasteiger partial charge >= 0.3 is 5.97 Å². The number of hydrogen-bond acceptors (Lipinski definition) is 8. The summed E-state index contributed by atoms with van der Waals surface area (Å²) in [5.74, 6) is -1.42. The van der Waals surface area contributed by atoms with Gasteiger partial charge in [-0.05, 0) is 75.4 Å². The van der Waals surface area contributed by atoms with Gasteiger partial charge in [0.15, 0.2) is 5.60 Å². The van der Waals surface area contributed by atoms with E-state index in [-0.39, 0.29) is 48.0 Å². The molecule has 1 aliphatic carbocycles. The topological polar surface area (TPSA) is 149 Å². The van der Waals surface area contributed by atoms with Crippen LogP contribution in [0, 0.1) is 12.7 Å². The van der Waals surface area contributed by atoms with Gasteiger partial charge in [-0.2, -0.15) is 0 Å². The predicted molar refractivity (Wildman–Crippen MR) is 154 cm³/mol. The summed E-state index contributed by atoms with van der Waals surface area (Å²) < 4.78 is 21.8. The van der Waals surface area contributed by atoms with Crippen LogP contribution in [0.4, 0.5) is 4.39 Å². The van der Waals surface area contributed by atoms with E-state index < -0.39 is 23.7 Å². The molecule has 1 amide bonds. The van der Waals surface area contributed by atoms with Gasteiger partial charge in [-0.15, -0.1) is 0 Å². The molecule has 0 fully saturated rings. The largest absolute Gasteiger partial charge is 0.458 e. The summed E-state index contributed by atoms with van der Waals surface area (Å²) in [4.78, 5) is 44.4. The zero-order valence-corrected chi connectivity index (χ0v) is 24.1. The highest BCUT2D eigenvalue weighted by molar-refractivity contribution is 5.94. The third-order valence-electron chi connectivity index (χ3n) is 9.22. The van der Waals surface area contributed by atoms with E-state index in [9.17, 15) is 19.5 Å². The molecule has 3 aliphatic rings. The summed E-state index contributed by atoms with van der Waals surface area (Å²) in [6, 6.07) is 1.96. The highest BCUT2D eigenvalue weighted by atomic mass is 19.1. The molecule has 2 aromatic heterocycles. The standard InChI is InChI=1S/C31H36FN5O5/c1-4-31(41)19-11-24-27-17(13-37(24)29(39)18(19)14-42-30(31)40)26-22(36-28(38)21(33)7-5-6-10-34-3)9-8-16-15(2)20(32)12-23(35-27)25(16)26/h11-12,21-22,34,41H,4-10,13-14,33H2,1-3H3,(H,36,38)/t21-,22-,31-/m0/s1. The van der Waals surface area contributed by atoms with Gasteiger partial charge in [0.25, 0.3) is 5.56 Å². The zero-order chi connectivity index (χ0) is 29.9. The van der Waals surface area contributed by atoms with Crippen LogP contribution in [-0.4, -0.2) is 46.2 Å². The number of aliphatic hydroxyl groups is 1. The number of nitrogens with one attached hydrogen (secondary N) is 2. The molecule has 1 aromatic carbocycles. The number of rotatable bonds is 8. The Morgan fingerprint density at radius 3 is 2.81 bits per heavy atom. The lowest BCUT2D eigenvalue weighted by atomic mass is 9.81. The number of amides is 1. The fourth-order valence-corrected chi connectivity index (χ4v) is 6.77. The molecule has 5 N–H and O–H groups in total. The fourth-order valence-electron chi connectivity index (χ4n) is 6.77. The number of hydrogen-bond donors (Lipinski definition) is 4. The number of carbonyl (C=O) groups excluding carboxylic acids is 2. The number of fused-ring (bicyclic) bond motifs is 5. The summed E-state index contributed by atoms with van der Waals surface area (Å²) in [6.07, 6.45) is 3.41. The zero-order valence-electron chi connectivity index (χ0n) is 24.1. The van der Waals surface area contributed by atoms with Gasteiger partial charge in [0.1, 0.15) is 12.4 Å². The maximum atomic E-state index is 15.1. The molecule has 11 heteroatoms. The first-order chi connectivity index (χ1) is 20.1. The average Bonchev–Trinajstić information content (AvgIpc) is 3.35. The fraction of sp³-hybridized carbons (Fsp3) is 0.484. The second-order valence-corrected chi connectivity index (χ2v) is 11.6. The Kier molecular flexibility index (Phi) is 7.15. The van der Waals surface area contributed by atoms with E-state index in [1.165, 1.54) is 6.07 Å². The molecule has 222 valence electrons. The molecule has 3 atom stereocenters. The Bertz CT molecular complexity index is 1700.